The number of carbonyl (C=O) groups excluding carboxylic acids is 1. The summed E-state index contributed by atoms with van der Waals surface area (Å²) in [4.78, 5) is 39.4. The minimum atomic E-state index is -0.588. The molecule has 0 radical (unpaired) electrons. The van der Waals surface area contributed by atoms with Crippen LogP contribution in [0.5, 0.6) is 11.5 Å². The Morgan fingerprint density at radius 3 is 2.29 bits per heavy atom. The van der Waals surface area contributed by atoms with E-state index in [9.17, 15) is 14.4 Å². The summed E-state index contributed by atoms with van der Waals surface area (Å²) in [6.45, 7) is 2.15. The van der Waals surface area contributed by atoms with Crippen LogP contribution in [-0.4, -0.2) is 39.0 Å². The fourth-order valence-corrected chi connectivity index (χ4v) is 3.67. The van der Waals surface area contributed by atoms with Gasteiger partial charge in [-0.1, -0.05) is 30.3 Å². The van der Waals surface area contributed by atoms with Crippen molar-refractivity contribution in [1.29, 1.82) is 0 Å². The summed E-state index contributed by atoms with van der Waals surface area (Å²) >= 11 is 0. The quantitative estimate of drug-likeness (QED) is 0.429. The molecule has 0 unspecified atom stereocenters. The predicted molar refractivity (Wildman–Crippen MR) is 128 cm³/mol. The number of methoxy groups -OCH3 is 2. The molecule has 4 rings (SSSR count). The maximum atomic E-state index is 13.4. The number of ether oxygens (including phenoxy) is 2. The van der Waals surface area contributed by atoms with Crippen molar-refractivity contribution in [3.8, 4) is 11.5 Å². The topological polar surface area (TPSA) is 109 Å². The monoisotopic (exact) mass is 463 g/mol. The molecular formula is C24H25N5O5. The fraction of sp³-hybridized carbons (Fsp3) is 0.250. The van der Waals surface area contributed by atoms with Crippen molar-refractivity contribution in [3.05, 3.63) is 81.1 Å². The number of amides is 1. The van der Waals surface area contributed by atoms with E-state index in [-0.39, 0.29) is 18.6 Å². The summed E-state index contributed by atoms with van der Waals surface area (Å²) < 4.78 is 14.4. The lowest BCUT2D eigenvalue weighted by molar-refractivity contribution is -0.116. The smallest absolute Gasteiger partial charge is 0.332 e. The third-order valence-corrected chi connectivity index (χ3v) is 5.39. The summed E-state index contributed by atoms with van der Waals surface area (Å²) in [5.41, 5.74) is 0.594. The molecule has 0 aliphatic rings. The van der Waals surface area contributed by atoms with Gasteiger partial charge in [-0.05, 0) is 12.5 Å². The summed E-state index contributed by atoms with van der Waals surface area (Å²) in [5.74, 6) is 0.567. The van der Waals surface area contributed by atoms with Gasteiger partial charge < -0.3 is 14.8 Å². The average molecular weight is 463 g/mol. The van der Waals surface area contributed by atoms with Gasteiger partial charge in [0.2, 0.25) is 5.91 Å². The molecule has 0 saturated carbocycles. The fourth-order valence-electron chi connectivity index (χ4n) is 3.67. The Morgan fingerprint density at radius 2 is 1.68 bits per heavy atom. The van der Waals surface area contributed by atoms with Gasteiger partial charge in [-0.2, -0.15) is 5.10 Å². The van der Waals surface area contributed by atoms with Crippen LogP contribution in [0.3, 0.4) is 0 Å². The maximum Gasteiger partial charge on any atom is 0.332 e. The van der Waals surface area contributed by atoms with Gasteiger partial charge >= 0.3 is 5.69 Å². The van der Waals surface area contributed by atoms with Gasteiger partial charge in [-0.25, -0.2) is 4.79 Å². The van der Waals surface area contributed by atoms with Crippen LogP contribution in [0.25, 0.3) is 11.0 Å². The summed E-state index contributed by atoms with van der Waals surface area (Å²) in [7, 11) is 3.02. The molecule has 2 heterocycles. The number of anilines is 1. The molecule has 0 bridgehead atoms. The van der Waals surface area contributed by atoms with E-state index in [4.69, 9.17) is 9.47 Å². The summed E-state index contributed by atoms with van der Waals surface area (Å²) in [6, 6.07) is 14.1. The van der Waals surface area contributed by atoms with Crippen LogP contribution in [0.2, 0.25) is 0 Å². The van der Waals surface area contributed by atoms with Crippen molar-refractivity contribution < 1.29 is 14.3 Å². The van der Waals surface area contributed by atoms with Crippen LogP contribution in [-0.2, 0) is 24.4 Å². The number of fused-ring (bicyclic) bond motifs is 1. The van der Waals surface area contributed by atoms with Gasteiger partial charge in [-0.15, -0.1) is 0 Å². The number of nitrogens with zero attached hydrogens (tertiary/aromatic N) is 4. The normalized spacial score (nSPS) is 10.9. The van der Waals surface area contributed by atoms with Crippen molar-refractivity contribution in [1.82, 2.24) is 18.9 Å². The molecule has 2 aromatic carbocycles. The van der Waals surface area contributed by atoms with E-state index in [2.05, 4.69) is 10.4 Å². The minimum Gasteiger partial charge on any atom is -0.497 e. The molecule has 0 spiro atoms. The zero-order chi connectivity index (χ0) is 24.2. The van der Waals surface area contributed by atoms with E-state index in [0.29, 0.717) is 29.2 Å². The minimum absolute atomic E-state index is 0.0716. The highest BCUT2D eigenvalue weighted by molar-refractivity contribution is 5.91. The van der Waals surface area contributed by atoms with Gasteiger partial charge in [0, 0.05) is 36.6 Å². The highest BCUT2D eigenvalue weighted by Crippen LogP contribution is 2.25. The second-order valence-corrected chi connectivity index (χ2v) is 7.61. The molecule has 34 heavy (non-hydrogen) atoms. The zero-order valence-corrected chi connectivity index (χ0v) is 19.1. The van der Waals surface area contributed by atoms with Crippen molar-refractivity contribution in [2.24, 2.45) is 0 Å². The number of hydrogen-bond acceptors (Lipinski definition) is 6. The molecule has 4 aromatic rings. The molecular weight excluding hydrogens is 438 g/mol. The second-order valence-electron chi connectivity index (χ2n) is 7.61. The standard InChI is InChI=1S/C24H25N5O5/c1-4-27-14-20-22(26-27)23(31)29(13-16-8-6-5-7-9-16)24(32)28(20)15-21(30)25-17-10-18(33-2)12-19(11-17)34-3/h5-12,14H,4,13,15H2,1-3H3,(H,25,30). The second kappa shape index (κ2) is 9.65. The molecule has 0 aliphatic heterocycles. The highest BCUT2D eigenvalue weighted by Gasteiger charge is 2.19. The molecule has 0 saturated heterocycles. The number of aromatic nitrogens is 4. The first kappa shape index (κ1) is 22.8. The first-order chi connectivity index (χ1) is 16.4. The zero-order valence-electron chi connectivity index (χ0n) is 19.1. The Kier molecular flexibility index (Phi) is 6.48. The predicted octanol–water partition coefficient (Wildman–Crippen LogP) is 2.08. The van der Waals surface area contributed by atoms with Gasteiger partial charge in [0.15, 0.2) is 5.52 Å². The van der Waals surface area contributed by atoms with E-state index in [0.717, 1.165) is 10.1 Å². The number of aryl methyl sites for hydroxylation is 1. The van der Waals surface area contributed by atoms with Crippen molar-refractivity contribution in [3.63, 3.8) is 0 Å². The lowest BCUT2D eigenvalue weighted by Gasteiger charge is -2.13. The van der Waals surface area contributed by atoms with E-state index in [1.807, 2.05) is 37.3 Å². The number of hydrogen-bond donors (Lipinski definition) is 1. The van der Waals surface area contributed by atoms with Crippen LogP contribution >= 0.6 is 0 Å². The van der Waals surface area contributed by atoms with Crippen LogP contribution in [0.4, 0.5) is 5.69 Å². The van der Waals surface area contributed by atoms with Crippen LogP contribution in [0, 0.1) is 0 Å². The maximum absolute atomic E-state index is 13.4. The Balaban J connectivity index is 1.74. The number of nitrogens with one attached hydrogen (secondary N) is 1. The number of rotatable bonds is 8. The van der Waals surface area contributed by atoms with E-state index >= 15 is 0 Å². The van der Waals surface area contributed by atoms with Crippen LogP contribution in [0.1, 0.15) is 12.5 Å². The molecule has 2 aromatic heterocycles. The highest BCUT2D eigenvalue weighted by atomic mass is 16.5. The number of carbonyl (C=O) groups is 1. The molecule has 10 heteroatoms. The molecule has 0 atom stereocenters. The summed E-state index contributed by atoms with van der Waals surface area (Å²) in [6.07, 6.45) is 1.60. The average Bonchev–Trinajstić information content (AvgIpc) is 3.29. The van der Waals surface area contributed by atoms with E-state index in [1.165, 1.54) is 18.8 Å². The molecule has 176 valence electrons. The Morgan fingerprint density at radius 1 is 1.00 bits per heavy atom. The largest absolute Gasteiger partial charge is 0.497 e. The Bertz CT molecular complexity index is 1430. The van der Waals surface area contributed by atoms with Gasteiger partial charge in [-0.3, -0.25) is 23.4 Å². The van der Waals surface area contributed by atoms with Crippen molar-refractivity contribution in [2.45, 2.75) is 26.6 Å². The van der Waals surface area contributed by atoms with Crippen molar-refractivity contribution >= 4 is 22.6 Å². The number of benzene rings is 2. The van der Waals surface area contributed by atoms with Crippen molar-refractivity contribution in [2.75, 3.05) is 19.5 Å². The lowest BCUT2D eigenvalue weighted by atomic mass is 10.2. The third kappa shape index (κ3) is 4.56. The summed E-state index contributed by atoms with van der Waals surface area (Å²) in [5, 5.41) is 7.09. The molecule has 0 aliphatic carbocycles. The molecule has 1 amide bonds. The van der Waals surface area contributed by atoms with Crippen LogP contribution in [0.15, 0.2) is 64.3 Å². The van der Waals surface area contributed by atoms with Gasteiger partial charge in [0.1, 0.15) is 18.0 Å². The van der Waals surface area contributed by atoms with E-state index in [1.54, 1.807) is 29.1 Å². The van der Waals surface area contributed by atoms with Gasteiger partial charge in [0.25, 0.3) is 5.56 Å². The Labute approximate surface area is 195 Å². The first-order valence-corrected chi connectivity index (χ1v) is 10.7. The first-order valence-electron chi connectivity index (χ1n) is 10.7. The lowest BCUT2D eigenvalue weighted by Crippen LogP contribution is -2.41. The third-order valence-electron chi connectivity index (χ3n) is 5.39. The molecule has 1 N–H and O–H groups in total. The van der Waals surface area contributed by atoms with Crippen LogP contribution < -0.4 is 26.0 Å². The molecule has 10 nitrogen and oxygen atoms in total. The SMILES string of the molecule is CCn1cc2c(n1)c(=O)n(Cc1ccccc1)c(=O)n2CC(=O)Nc1cc(OC)cc(OC)c1. The van der Waals surface area contributed by atoms with Gasteiger partial charge in [0.05, 0.1) is 26.3 Å². The molecule has 0 fully saturated rings. The van der Waals surface area contributed by atoms with E-state index < -0.39 is 17.2 Å². The Hall–Kier alpha value is -4.34.